The van der Waals surface area contributed by atoms with Crippen LogP contribution >= 0.6 is 12.0 Å². The summed E-state index contributed by atoms with van der Waals surface area (Å²) in [7, 11) is -13.3. The molecule has 0 saturated carbocycles. The maximum absolute atomic E-state index is 11.5. The summed E-state index contributed by atoms with van der Waals surface area (Å²) in [6.07, 6.45) is 6.40. The van der Waals surface area contributed by atoms with Crippen molar-refractivity contribution in [2.75, 3.05) is 54.2 Å². The van der Waals surface area contributed by atoms with E-state index in [1.165, 1.54) is 0 Å². The number of hydrogen-bond acceptors (Lipinski definition) is 16. The summed E-state index contributed by atoms with van der Waals surface area (Å²) >= 11 is 0.867. The van der Waals surface area contributed by atoms with Crippen LogP contribution in [0.25, 0.3) is 0 Å². The number of nitrogens with zero attached hydrogens (tertiary/aromatic N) is 2. The number of hydrogen-bond donors (Lipinski definition) is 0. The van der Waals surface area contributed by atoms with Crippen molar-refractivity contribution < 1.29 is 156 Å². The molecule has 0 bridgehead atoms. The SMILES string of the molecule is CC1(C)C(C=C/C=C2/N(CCCS(=O)(=O)[O-])c3ccc(OCCCSOO[O-])cc3C2(C)C)=[N+](CCCS(=O)(=O)[O-])c2ccc(OCCCS(=O)(=O)[O-])cc21.[Na+].[Na+].[Na+]. The third-order valence-electron chi connectivity index (χ3n) is 9.31. The summed E-state index contributed by atoms with van der Waals surface area (Å²) in [5.74, 6) is -0.119. The molecule has 16 nitrogen and oxygen atoms in total. The Bertz CT molecular complexity index is 2130. The minimum Gasteiger partial charge on any atom is -0.748 e. The summed E-state index contributed by atoms with van der Waals surface area (Å²) in [6, 6.07) is 10.9. The molecule has 0 unspecified atom stereocenters. The fourth-order valence-electron chi connectivity index (χ4n) is 6.79. The van der Waals surface area contributed by atoms with Crippen molar-refractivity contribution in [1.82, 2.24) is 0 Å². The van der Waals surface area contributed by atoms with Gasteiger partial charge >= 0.3 is 88.7 Å². The van der Waals surface area contributed by atoms with E-state index in [0.29, 0.717) is 30.3 Å². The Kier molecular flexibility index (Phi) is 23.3. The van der Waals surface area contributed by atoms with Gasteiger partial charge in [-0.25, -0.2) is 25.3 Å². The van der Waals surface area contributed by atoms with Gasteiger partial charge in [-0.05, 0) is 75.1 Å². The third-order valence-corrected chi connectivity index (χ3v) is 12.3. The van der Waals surface area contributed by atoms with Crippen LogP contribution in [0, 0.1) is 0 Å². The first kappa shape index (κ1) is 56.0. The molecule has 0 atom stereocenters. The quantitative estimate of drug-likeness (QED) is 0.0203. The molecular formula is C35H45N2Na3O14S4. The van der Waals surface area contributed by atoms with E-state index >= 15 is 0 Å². The summed E-state index contributed by atoms with van der Waals surface area (Å²) in [5.41, 5.74) is 3.67. The number of rotatable bonds is 22. The summed E-state index contributed by atoms with van der Waals surface area (Å²) in [4.78, 5) is 1.98. The van der Waals surface area contributed by atoms with Crippen molar-refractivity contribution in [2.24, 2.45) is 0 Å². The van der Waals surface area contributed by atoms with Crippen LogP contribution in [0.15, 0.2) is 60.3 Å². The second kappa shape index (κ2) is 24.1. The number of allylic oxidation sites excluding steroid dienone is 4. The summed E-state index contributed by atoms with van der Waals surface area (Å²) in [5, 5.41) is 13.3. The van der Waals surface area contributed by atoms with Crippen LogP contribution in [0.2, 0.25) is 0 Å². The number of benzene rings is 2. The molecule has 58 heavy (non-hydrogen) atoms. The first-order valence-electron chi connectivity index (χ1n) is 17.4. The maximum Gasteiger partial charge on any atom is 1.00 e. The van der Waals surface area contributed by atoms with Crippen molar-refractivity contribution in [3.8, 4) is 11.5 Å². The van der Waals surface area contributed by atoms with Crippen LogP contribution in [-0.4, -0.2) is 98.5 Å². The van der Waals surface area contributed by atoms with Crippen molar-refractivity contribution in [3.63, 3.8) is 0 Å². The van der Waals surface area contributed by atoms with Crippen LogP contribution in [-0.2, 0) is 50.6 Å². The average Bonchev–Trinajstić information content (AvgIpc) is 3.41. The Labute approximate surface area is 412 Å². The average molecular weight is 915 g/mol. The molecule has 23 heteroatoms. The number of fused-ring (bicyclic) bond motifs is 2. The second-order valence-electron chi connectivity index (χ2n) is 14.1. The van der Waals surface area contributed by atoms with Gasteiger partial charge < -0.3 is 33.3 Å². The van der Waals surface area contributed by atoms with Crippen LogP contribution in [0.4, 0.5) is 11.4 Å². The summed E-state index contributed by atoms with van der Waals surface area (Å²) < 4.78 is 120. The summed E-state index contributed by atoms with van der Waals surface area (Å²) in [6.45, 7) is 8.79. The Morgan fingerprint density at radius 2 is 1.29 bits per heavy atom. The molecular weight excluding hydrogens is 870 g/mol. The standard InChI is InChI=1S/C35H48N2O14S4.3Na/c1-34(2)28-24-26(48-18-8-20-52-51-50-38)12-14-30(28)36(16-6-21-53(39,40)41)32(34)10-5-11-33-35(3,4)29-25-27(49-19-9-23-55(45,46)47)13-15-31(29)37(33)17-7-22-54(42,43)44;;;/h5,10-15,24-25H,6-9,16-23H2,1-4H3,(H3-,38,39,40,41,42,43,44,45,46,47);;;/q;3*+1/p-3. The molecule has 2 aliphatic rings. The molecule has 0 amide bonds. The minimum absolute atomic E-state index is 0. The van der Waals surface area contributed by atoms with Gasteiger partial charge in [-0.15, -0.1) is 0 Å². The van der Waals surface area contributed by atoms with E-state index in [-0.39, 0.29) is 128 Å². The van der Waals surface area contributed by atoms with Gasteiger partial charge in [-0.3, -0.25) is 5.04 Å². The molecule has 0 fully saturated rings. The minimum atomic E-state index is -4.46. The van der Waals surface area contributed by atoms with E-state index < -0.39 is 58.4 Å². The van der Waals surface area contributed by atoms with E-state index in [4.69, 9.17) is 9.47 Å². The maximum atomic E-state index is 11.5. The van der Waals surface area contributed by atoms with Gasteiger partial charge in [0.25, 0.3) is 0 Å². The van der Waals surface area contributed by atoms with E-state index in [1.54, 1.807) is 18.2 Å². The molecule has 306 valence electrons. The molecule has 0 aromatic heterocycles. The molecule has 0 saturated heterocycles. The van der Waals surface area contributed by atoms with E-state index in [1.807, 2.05) is 73.6 Å². The van der Waals surface area contributed by atoms with Gasteiger partial charge in [0.05, 0.1) is 49.0 Å². The molecule has 0 aliphatic carbocycles. The predicted molar refractivity (Wildman–Crippen MR) is 201 cm³/mol. The third kappa shape index (κ3) is 16.3. The van der Waals surface area contributed by atoms with Gasteiger partial charge in [-0.2, -0.15) is 8.91 Å². The largest absolute Gasteiger partial charge is 1.00 e. The first-order chi connectivity index (χ1) is 25.6. The van der Waals surface area contributed by atoms with Crippen molar-refractivity contribution in [2.45, 2.75) is 64.2 Å². The van der Waals surface area contributed by atoms with Gasteiger partial charge in [-0.1, -0.05) is 19.9 Å². The zero-order valence-electron chi connectivity index (χ0n) is 33.9. The zero-order chi connectivity index (χ0) is 40.7. The molecule has 2 heterocycles. The Balaban J connectivity index is 0.00000561. The molecule has 2 aromatic rings. The normalized spacial score (nSPS) is 16.4. The molecule has 2 aliphatic heterocycles. The molecule has 2 aromatic carbocycles. The van der Waals surface area contributed by atoms with Crippen LogP contribution < -0.4 is 108 Å². The number of anilines is 1. The zero-order valence-corrected chi connectivity index (χ0v) is 43.2. The van der Waals surface area contributed by atoms with Gasteiger partial charge in [0, 0.05) is 82.5 Å². The second-order valence-corrected chi connectivity index (χ2v) is 19.4. The van der Waals surface area contributed by atoms with Crippen LogP contribution in [0.3, 0.4) is 0 Å². The molecule has 0 spiro atoms. The van der Waals surface area contributed by atoms with Gasteiger partial charge in [0.2, 0.25) is 5.69 Å². The van der Waals surface area contributed by atoms with Gasteiger partial charge in [0.1, 0.15) is 18.0 Å². The van der Waals surface area contributed by atoms with Crippen LogP contribution in [0.1, 0.15) is 64.5 Å². The Morgan fingerprint density at radius 1 is 0.741 bits per heavy atom. The predicted octanol–water partition coefficient (Wildman–Crippen LogP) is -5.86. The molecule has 4 rings (SSSR count). The Morgan fingerprint density at radius 3 is 1.90 bits per heavy atom. The fourth-order valence-corrected chi connectivity index (χ4v) is 8.57. The first-order valence-corrected chi connectivity index (χ1v) is 23.0. The number of ether oxygens (including phenoxy) is 2. The smallest absolute Gasteiger partial charge is 0.748 e. The molecule has 0 radical (unpaired) electrons. The van der Waals surface area contributed by atoms with Crippen molar-refractivity contribution in [3.05, 3.63) is 71.5 Å². The van der Waals surface area contributed by atoms with Crippen LogP contribution in [0.5, 0.6) is 11.5 Å². The fraction of sp³-hybridized carbons (Fsp3) is 0.514. The van der Waals surface area contributed by atoms with E-state index in [0.717, 1.165) is 46.0 Å². The van der Waals surface area contributed by atoms with Gasteiger partial charge in [0.15, 0.2) is 5.71 Å². The van der Waals surface area contributed by atoms with E-state index in [2.05, 4.69) is 9.37 Å². The molecule has 0 N–H and O–H groups in total. The van der Waals surface area contributed by atoms with E-state index in [9.17, 15) is 44.2 Å². The Hall–Kier alpha value is -0.0500. The monoisotopic (exact) mass is 914 g/mol. The topological polar surface area (TPSA) is 238 Å². The van der Waals surface area contributed by atoms with Crippen molar-refractivity contribution >= 4 is 59.5 Å². The van der Waals surface area contributed by atoms with Crippen molar-refractivity contribution in [1.29, 1.82) is 0 Å².